The predicted molar refractivity (Wildman–Crippen MR) is 44.7 cm³/mol. The lowest BCUT2D eigenvalue weighted by Gasteiger charge is -1.99. The Bertz CT molecular complexity index is 117. The molecule has 0 aliphatic heterocycles. The molecule has 0 radical (unpaired) electrons. The van der Waals surface area contributed by atoms with E-state index in [0.29, 0.717) is 6.42 Å². The number of amides is 1. The van der Waals surface area contributed by atoms with Gasteiger partial charge in [0.25, 0.3) is 0 Å². The Labute approximate surface area is 72.5 Å². The average Bonchev–Trinajstić information content (AvgIpc) is 2.10. The highest BCUT2D eigenvalue weighted by molar-refractivity contribution is 5.74. The van der Waals surface area contributed by atoms with Gasteiger partial charge in [0.1, 0.15) is 0 Å². The van der Waals surface area contributed by atoms with E-state index in [2.05, 4.69) is 0 Å². The van der Waals surface area contributed by atoms with Gasteiger partial charge in [-0.3, -0.25) is 10.0 Å². The van der Waals surface area contributed by atoms with Crippen molar-refractivity contribution in [1.29, 1.82) is 0 Å². The molecule has 4 heteroatoms. The minimum Gasteiger partial charge on any atom is -0.396 e. The SMILES string of the molecule is O=C(CCCCCCCO)NO. The van der Waals surface area contributed by atoms with E-state index in [4.69, 9.17) is 10.3 Å². The molecule has 1 amide bonds. The van der Waals surface area contributed by atoms with E-state index in [-0.39, 0.29) is 12.5 Å². The minimum atomic E-state index is -0.322. The Morgan fingerprint density at radius 2 is 1.67 bits per heavy atom. The molecule has 0 aromatic carbocycles. The van der Waals surface area contributed by atoms with E-state index in [0.717, 1.165) is 32.1 Å². The van der Waals surface area contributed by atoms with Crippen LogP contribution in [0.3, 0.4) is 0 Å². The van der Waals surface area contributed by atoms with Crippen LogP contribution in [-0.2, 0) is 4.79 Å². The molecule has 0 spiro atoms. The van der Waals surface area contributed by atoms with Crippen molar-refractivity contribution in [2.45, 2.75) is 38.5 Å². The van der Waals surface area contributed by atoms with E-state index in [1.54, 1.807) is 5.48 Å². The van der Waals surface area contributed by atoms with Crippen molar-refractivity contribution in [1.82, 2.24) is 5.48 Å². The van der Waals surface area contributed by atoms with Gasteiger partial charge in [0.15, 0.2) is 0 Å². The normalized spacial score (nSPS) is 9.83. The monoisotopic (exact) mass is 175 g/mol. The zero-order chi connectivity index (χ0) is 9.23. The summed E-state index contributed by atoms with van der Waals surface area (Å²) in [5.74, 6) is -0.322. The minimum absolute atomic E-state index is 0.247. The topological polar surface area (TPSA) is 69.6 Å². The predicted octanol–water partition coefficient (Wildman–Crippen LogP) is 0.825. The largest absolute Gasteiger partial charge is 0.396 e. The number of carbonyl (C=O) groups excluding carboxylic acids is 1. The Balaban J connectivity index is 2.95. The number of hydrogen-bond acceptors (Lipinski definition) is 3. The molecule has 0 fully saturated rings. The lowest BCUT2D eigenvalue weighted by atomic mass is 10.1. The third kappa shape index (κ3) is 7.50. The van der Waals surface area contributed by atoms with Crippen molar-refractivity contribution in [3.8, 4) is 0 Å². The molecule has 12 heavy (non-hydrogen) atoms. The standard InChI is InChI=1S/C8H17NO3/c10-7-5-3-1-2-4-6-8(11)9-12/h10,12H,1-7H2,(H,9,11). The van der Waals surface area contributed by atoms with Gasteiger partial charge >= 0.3 is 0 Å². The number of rotatable bonds is 7. The highest BCUT2D eigenvalue weighted by Gasteiger charge is 1.97. The maximum absolute atomic E-state index is 10.5. The summed E-state index contributed by atoms with van der Waals surface area (Å²) in [6.07, 6.45) is 5.06. The molecule has 0 aromatic rings. The summed E-state index contributed by atoms with van der Waals surface area (Å²) in [4.78, 5) is 10.5. The molecule has 0 aliphatic rings. The van der Waals surface area contributed by atoms with Gasteiger partial charge in [0.2, 0.25) is 5.91 Å². The maximum Gasteiger partial charge on any atom is 0.243 e. The molecule has 0 bridgehead atoms. The van der Waals surface area contributed by atoms with Crippen LogP contribution in [0.25, 0.3) is 0 Å². The number of carbonyl (C=O) groups is 1. The van der Waals surface area contributed by atoms with E-state index in [1.807, 2.05) is 0 Å². The summed E-state index contributed by atoms with van der Waals surface area (Å²) >= 11 is 0. The summed E-state index contributed by atoms with van der Waals surface area (Å²) in [5, 5.41) is 16.6. The molecular weight excluding hydrogens is 158 g/mol. The fraction of sp³-hybridized carbons (Fsp3) is 0.875. The van der Waals surface area contributed by atoms with Crippen LogP contribution in [0.15, 0.2) is 0 Å². The van der Waals surface area contributed by atoms with Crippen LogP contribution in [0.5, 0.6) is 0 Å². The van der Waals surface area contributed by atoms with E-state index in [1.165, 1.54) is 0 Å². The molecule has 3 N–H and O–H groups in total. The highest BCUT2D eigenvalue weighted by Crippen LogP contribution is 2.04. The van der Waals surface area contributed by atoms with Crippen LogP contribution in [0, 0.1) is 0 Å². The number of aliphatic hydroxyl groups is 1. The van der Waals surface area contributed by atoms with Crippen molar-refractivity contribution < 1.29 is 15.1 Å². The average molecular weight is 175 g/mol. The Hall–Kier alpha value is -0.610. The summed E-state index contributed by atoms with van der Waals surface area (Å²) in [5.41, 5.74) is 1.59. The number of unbranched alkanes of at least 4 members (excludes halogenated alkanes) is 4. The molecule has 0 unspecified atom stereocenters. The van der Waals surface area contributed by atoms with Gasteiger partial charge in [-0.1, -0.05) is 19.3 Å². The summed E-state index contributed by atoms with van der Waals surface area (Å²) in [6, 6.07) is 0. The van der Waals surface area contributed by atoms with Crippen molar-refractivity contribution >= 4 is 5.91 Å². The second kappa shape index (κ2) is 8.49. The van der Waals surface area contributed by atoms with Crippen LogP contribution < -0.4 is 5.48 Å². The smallest absolute Gasteiger partial charge is 0.243 e. The van der Waals surface area contributed by atoms with Crippen LogP contribution >= 0.6 is 0 Å². The van der Waals surface area contributed by atoms with Gasteiger partial charge in [-0.15, -0.1) is 0 Å². The zero-order valence-electron chi connectivity index (χ0n) is 7.25. The Morgan fingerprint density at radius 3 is 2.25 bits per heavy atom. The molecule has 4 nitrogen and oxygen atoms in total. The molecule has 0 rings (SSSR count). The maximum atomic E-state index is 10.5. The van der Waals surface area contributed by atoms with Crippen LogP contribution in [-0.4, -0.2) is 22.8 Å². The fourth-order valence-electron chi connectivity index (χ4n) is 0.984. The van der Waals surface area contributed by atoms with Crippen molar-refractivity contribution in [2.75, 3.05) is 6.61 Å². The van der Waals surface area contributed by atoms with E-state index < -0.39 is 0 Å². The summed E-state index contributed by atoms with van der Waals surface area (Å²) in [6.45, 7) is 0.247. The van der Waals surface area contributed by atoms with Gasteiger partial charge < -0.3 is 5.11 Å². The first-order valence-electron chi connectivity index (χ1n) is 4.35. The highest BCUT2D eigenvalue weighted by atomic mass is 16.5. The Kier molecular flexibility index (Phi) is 8.05. The molecule has 72 valence electrons. The number of aliphatic hydroxyl groups excluding tert-OH is 1. The lowest BCUT2D eigenvalue weighted by molar-refractivity contribution is -0.129. The number of hydrogen-bond donors (Lipinski definition) is 3. The van der Waals surface area contributed by atoms with Gasteiger partial charge in [-0.05, 0) is 12.8 Å². The van der Waals surface area contributed by atoms with Gasteiger partial charge in [0.05, 0.1) is 0 Å². The first kappa shape index (κ1) is 11.4. The van der Waals surface area contributed by atoms with Crippen molar-refractivity contribution in [2.24, 2.45) is 0 Å². The molecular formula is C8H17NO3. The van der Waals surface area contributed by atoms with Gasteiger partial charge in [0, 0.05) is 13.0 Å². The molecule has 0 heterocycles. The van der Waals surface area contributed by atoms with Crippen molar-refractivity contribution in [3.63, 3.8) is 0 Å². The third-order valence-electron chi connectivity index (χ3n) is 1.69. The molecule has 0 atom stereocenters. The number of hydroxylamine groups is 1. The molecule has 0 saturated carbocycles. The molecule has 0 aliphatic carbocycles. The van der Waals surface area contributed by atoms with Gasteiger partial charge in [-0.25, -0.2) is 5.48 Å². The summed E-state index contributed by atoms with van der Waals surface area (Å²) < 4.78 is 0. The first-order valence-corrected chi connectivity index (χ1v) is 4.35. The fourth-order valence-corrected chi connectivity index (χ4v) is 0.984. The first-order chi connectivity index (χ1) is 5.81. The van der Waals surface area contributed by atoms with E-state index >= 15 is 0 Å². The number of nitrogens with one attached hydrogen (secondary N) is 1. The Morgan fingerprint density at radius 1 is 1.08 bits per heavy atom. The third-order valence-corrected chi connectivity index (χ3v) is 1.69. The molecule has 0 aromatic heterocycles. The second-order valence-electron chi connectivity index (χ2n) is 2.78. The van der Waals surface area contributed by atoms with Gasteiger partial charge in [-0.2, -0.15) is 0 Å². The zero-order valence-corrected chi connectivity index (χ0v) is 7.25. The van der Waals surface area contributed by atoms with Crippen LogP contribution in [0.4, 0.5) is 0 Å². The lowest BCUT2D eigenvalue weighted by Crippen LogP contribution is -2.17. The van der Waals surface area contributed by atoms with Crippen LogP contribution in [0.1, 0.15) is 38.5 Å². The quantitative estimate of drug-likeness (QED) is 0.305. The van der Waals surface area contributed by atoms with Crippen molar-refractivity contribution in [3.05, 3.63) is 0 Å². The van der Waals surface area contributed by atoms with E-state index in [9.17, 15) is 4.79 Å². The second-order valence-corrected chi connectivity index (χ2v) is 2.78. The van der Waals surface area contributed by atoms with Crippen LogP contribution in [0.2, 0.25) is 0 Å². The summed E-state index contributed by atoms with van der Waals surface area (Å²) in [7, 11) is 0. The molecule has 0 saturated heterocycles.